The van der Waals surface area contributed by atoms with E-state index >= 15 is 0 Å². The Hall–Kier alpha value is -1.52. The Kier molecular flexibility index (Phi) is 3.11. The van der Waals surface area contributed by atoms with Gasteiger partial charge in [-0.3, -0.25) is 5.32 Å². The summed E-state index contributed by atoms with van der Waals surface area (Å²) >= 11 is 0. The molecule has 2 N–H and O–H groups in total. The van der Waals surface area contributed by atoms with Crippen molar-refractivity contribution in [3.8, 4) is 0 Å². The van der Waals surface area contributed by atoms with E-state index in [1.54, 1.807) is 6.07 Å². The molecule has 2 amide bonds. The summed E-state index contributed by atoms with van der Waals surface area (Å²) in [6, 6.07) is 1.30. The predicted molar refractivity (Wildman–Crippen MR) is 53.0 cm³/mol. The smallest absolute Gasteiger partial charge is 0.321 e. The molecule has 78 valence electrons. The highest BCUT2D eigenvalue weighted by molar-refractivity contribution is 5.87. The first kappa shape index (κ1) is 10.6. The molecule has 0 saturated heterocycles. The molecule has 0 fully saturated rings. The van der Waals surface area contributed by atoms with Crippen molar-refractivity contribution < 1.29 is 9.32 Å². The van der Waals surface area contributed by atoms with Gasteiger partial charge in [0.2, 0.25) is 5.88 Å². The van der Waals surface area contributed by atoms with Crippen molar-refractivity contribution in [3.63, 3.8) is 0 Å². The molecule has 0 saturated carbocycles. The van der Waals surface area contributed by atoms with E-state index in [1.165, 1.54) is 6.20 Å². The molecule has 1 aromatic heterocycles. The Morgan fingerprint density at radius 2 is 2.29 bits per heavy atom. The highest BCUT2D eigenvalue weighted by atomic mass is 16.5. The molecule has 1 heterocycles. The second-order valence-corrected chi connectivity index (χ2v) is 4.25. The van der Waals surface area contributed by atoms with Gasteiger partial charge in [-0.15, -0.1) is 0 Å². The summed E-state index contributed by atoms with van der Waals surface area (Å²) in [7, 11) is 0. The third-order valence-corrected chi connectivity index (χ3v) is 1.45. The number of nitrogens with zero attached hydrogens (tertiary/aromatic N) is 1. The second-order valence-electron chi connectivity index (χ2n) is 4.25. The van der Waals surface area contributed by atoms with Gasteiger partial charge in [-0.05, 0) is 5.41 Å². The maximum absolute atomic E-state index is 11.2. The number of rotatable bonds is 2. The molecule has 0 unspecified atom stereocenters. The lowest BCUT2D eigenvalue weighted by Crippen LogP contribution is -2.35. The molecule has 1 rings (SSSR count). The van der Waals surface area contributed by atoms with E-state index in [2.05, 4.69) is 15.8 Å². The first-order valence-electron chi connectivity index (χ1n) is 4.43. The Morgan fingerprint density at radius 1 is 1.57 bits per heavy atom. The molecular weight excluding hydrogens is 182 g/mol. The van der Waals surface area contributed by atoms with Crippen LogP contribution >= 0.6 is 0 Å². The van der Waals surface area contributed by atoms with Crippen molar-refractivity contribution in [2.75, 3.05) is 11.9 Å². The number of aromatic nitrogens is 1. The fraction of sp³-hybridized carbons (Fsp3) is 0.556. The lowest BCUT2D eigenvalue weighted by molar-refractivity contribution is 0.246. The number of amides is 2. The van der Waals surface area contributed by atoms with Crippen LogP contribution < -0.4 is 10.6 Å². The van der Waals surface area contributed by atoms with E-state index < -0.39 is 0 Å². The second kappa shape index (κ2) is 4.13. The molecule has 0 aliphatic carbocycles. The number of nitrogens with one attached hydrogen (secondary N) is 2. The van der Waals surface area contributed by atoms with Crippen LogP contribution in [0.25, 0.3) is 0 Å². The van der Waals surface area contributed by atoms with Gasteiger partial charge < -0.3 is 9.84 Å². The molecule has 14 heavy (non-hydrogen) atoms. The topological polar surface area (TPSA) is 67.2 Å². The van der Waals surface area contributed by atoms with Crippen molar-refractivity contribution in [2.45, 2.75) is 20.8 Å². The van der Waals surface area contributed by atoms with Crippen molar-refractivity contribution in [1.82, 2.24) is 10.5 Å². The Labute approximate surface area is 82.8 Å². The molecule has 0 aromatic carbocycles. The lowest BCUT2D eigenvalue weighted by Gasteiger charge is -2.18. The largest absolute Gasteiger partial charge is 0.338 e. The van der Waals surface area contributed by atoms with Gasteiger partial charge in [0.1, 0.15) is 0 Å². The van der Waals surface area contributed by atoms with E-state index in [0.29, 0.717) is 12.4 Å². The van der Waals surface area contributed by atoms with E-state index in [9.17, 15) is 4.79 Å². The van der Waals surface area contributed by atoms with Crippen LogP contribution in [0.4, 0.5) is 10.7 Å². The molecule has 0 atom stereocenters. The minimum Gasteiger partial charge on any atom is -0.338 e. The maximum atomic E-state index is 11.2. The van der Waals surface area contributed by atoms with Gasteiger partial charge in [0.15, 0.2) is 0 Å². The molecule has 5 heteroatoms. The zero-order valence-electron chi connectivity index (χ0n) is 8.63. The van der Waals surface area contributed by atoms with E-state index in [0.717, 1.165) is 0 Å². The number of hydrogen-bond donors (Lipinski definition) is 2. The molecule has 5 nitrogen and oxygen atoms in total. The van der Waals surface area contributed by atoms with Crippen LogP contribution in [0.5, 0.6) is 0 Å². The summed E-state index contributed by atoms with van der Waals surface area (Å²) in [4.78, 5) is 11.2. The first-order chi connectivity index (χ1) is 6.47. The molecule has 0 aliphatic heterocycles. The zero-order chi connectivity index (χ0) is 10.6. The van der Waals surface area contributed by atoms with Crippen LogP contribution in [-0.4, -0.2) is 17.7 Å². The van der Waals surface area contributed by atoms with Crippen LogP contribution in [0.1, 0.15) is 20.8 Å². The van der Waals surface area contributed by atoms with Crippen LogP contribution in [0, 0.1) is 5.41 Å². The van der Waals surface area contributed by atoms with Gasteiger partial charge in [-0.1, -0.05) is 25.9 Å². The summed E-state index contributed by atoms with van der Waals surface area (Å²) in [6.07, 6.45) is 1.47. The zero-order valence-corrected chi connectivity index (χ0v) is 8.63. The lowest BCUT2D eigenvalue weighted by atomic mass is 9.97. The molecule has 0 spiro atoms. The van der Waals surface area contributed by atoms with Gasteiger partial charge >= 0.3 is 6.03 Å². The van der Waals surface area contributed by atoms with Crippen molar-refractivity contribution in [1.29, 1.82) is 0 Å². The SMILES string of the molecule is CC(C)(C)CNC(=O)Nc1ccno1. The summed E-state index contributed by atoms with van der Waals surface area (Å²) in [6.45, 7) is 6.73. The third-order valence-electron chi connectivity index (χ3n) is 1.45. The Morgan fingerprint density at radius 3 is 2.79 bits per heavy atom. The number of carbonyl (C=O) groups is 1. The molecule has 0 bridgehead atoms. The normalized spacial score (nSPS) is 11.1. The van der Waals surface area contributed by atoms with Crippen LogP contribution in [0.15, 0.2) is 16.8 Å². The maximum Gasteiger partial charge on any atom is 0.321 e. The van der Waals surface area contributed by atoms with E-state index in [-0.39, 0.29) is 11.4 Å². The Balaban J connectivity index is 2.30. The minimum absolute atomic E-state index is 0.0682. The van der Waals surface area contributed by atoms with Crippen molar-refractivity contribution in [3.05, 3.63) is 12.3 Å². The third kappa shape index (κ3) is 3.93. The number of urea groups is 1. The standard InChI is InChI=1S/C9H15N3O2/c1-9(2,3)6-10-8(13)12-7-4-5-11-14-7/h4-5H,6H2,1-3H3,(H2,10,12,13). The average molecular weight is 197 g/mol. The molecular formula is C9H15N3O2. The number of anilines is 1. The van der Waals surface area contributed by atoms with Gasteiger partial charge in [0.25, 0.3) is 0 Å². The first-order valence-corrected chi connectivity index (χ1v) is 4.43. The Bertz CT molecular complexity index is 288. The fourth-order valence-electron chi connectivity index (χ4n) is 0.782. The highest BCUT2D eigenvalue weighted by Crippen LogP contribution is 2.10. The summed E-state index contributed by atoms with van der Waals surface area (Å²) < 4.78 is 4.71. The predicted octanol–water partition coefficient (Wildman–Crippen LogP) is 1.84. The summed E-state index contributed by atoms with van der Waals surface area (Å²) in [5.74, 6) is 0.344. The summed E-state index contributed by atoms with van der Waals surface area (Å²) in [5, 5.41) is 8.70. The van der Waals surface area contributed by atoms with Crippen LogP contribution in [0.2, 0.25) is 0 Å². The van der Waals surface area contributed by atoms with E-state index in [4.69, 9.17) is 4.52 Å². The molecule has 1 aromatic rings. The van der Waals surface area contributed by atoms with Gasteiger partial charge in [0, 0.05) is 12.6 Å². The van der Waals surface area contributed by atoms with Crippen molar-refractivity contribution in [2.24, 2.45) is 5.41 Å². The molecule has 0 aliphatic rings. The van der Waals surface area contributed by atoms with Crippen LogP contribution in [0.3, 0.4) is 0 Å². The number of carbonyl (C=O) groups excluding carboxylic acids is 1. The summed E-state index contributed by atoms with van der Waals surface area (Å²) in [5.41, 5.74) is 0.0682. The monoisotopic (exact) mass is 197 g/mol. The average Bonchev–Trinajstić information content (AvgIpc) is 2.52. The minimum atomic E-state index is -0.281. The van der Waals surface area contributed by atoms with Crippen LogP contribution in [-0.2, 0) is 0 Å². The fourth-order valence-corrected chi connectivity index (χ4v) is 0.782. The quantitative estimate of drug-likeness (QED) is 0.760. The van der Waals surface area contributed by atoms with Gasteiger partial charge in [0.05, 0.1) is 6.20 Å². The van der Waals surface area contributed by atoms with E-state index in [1.807, 2.05) is 20.8 Å². The van der Waals surface area contributed by atoms with Crippen molar-refractivity contribution >= 4 is 11.9 Å². The van der Waals surface area contributed by atoms with Gasteiger partial charge in [-0.2, -0.15) is 0 Å². The highest BCUT2D eigenvalue weighted by Gasteiger charge is 2.12. The molecule has 0 radical (unpaired) electrons. The van der Waals surface area contributed by atoms with Gasteiger partial charge in [-0.25, -0.2) is 4.79 Å². The number of hydrogen-bond acceptors (Lipinski definition) is 3.